The summed E-state index contributed by atoms with van der Waals surface area (Å²) in [5.41, 5.74) is 2.45. The van der Waals surface area contributed by atoms with E-state index in [2.05, 4.69) is 5.10 Å². The van der Waals surface area contributed by atoms with Gasteiger partial charge >= 0.3 is 0 Å². The van der Waals surface area contributed by atoms with E-state index in [0.717, 1.165) is 11.4 Å². The van der Waals surface area contributed by atoms with Crippen LogP contribution in [0.5, 0.6) is 0 Å². The monoisotopic (exact) mass is 430 g/mol. The first-order valence-electron chi connectivity index (χ1n) is 10.6. The van der Waals surface area contributed by atoms with Gasteiger partial charge in [0.1, 0.15) is 23.0 Å². The Morgan fingerprint density at radius 1 is 0.938 bits per heavy atom. The van der Waals surface area contributed by atoms with Gasteiger partial charge < -0.3 is 14.2 Å². The summed E-state index contributed by atoms with van der Waals surface area (Å²) >= 11 is 0. The van der Waals surface area contributed by atoms with Crippen LogP contribution in [-0.4, -0.2) is 46.8 Å². The molecule has 3 heterocycles. The Balaban J connectivity index is 1.42. The molecule has 1 fully saturated rings. The van der Waals surface area contributed by atoms with Crippen LogP contribution in [0.2, 0.25) is 0 Å². The fourth-order valence-corrected chi connectivity index (χ4v) is 4.01. The van der Waals surface area contributed by atoms with Gasteiger partial charge in [-0.05, 0) is 43.3 Å². The Hall–Kier alpha value is -3.87. The van der Waals surface area contributed by atoms with Gasteiger partial charge in [0, 0.05) is 32.2 Å². The van der Waals surface area contributed by atoms with Crippen molar-refractivity contribution in [3.63, 3.8) is 0 Å². The highest BCUT2D eigenvalue weighted by atomic mass is 19.1. The lowest BCUT2D eigenvalue weighted by Crippen LogP contribution is -2.49. The van der Waals surface area contributed by atoms with E-state index in [1.54, 1.807) is 27.8 Å². The van der Waals surface area contributed by atoms with Crippen LogP contribution in [-0.2, 0) is 0 Å². The van der Waals surface area contributed by atoms with E-state index in [1.807, 2.05) is 60.4 Å². The molecule has 2 aromatic heterocycles. The van der Waals surface area contributed by atoms with Gasteiger partial charge in [-0.15, -0.1) is 0 Å². The molecule has 2 aromatic carbocycles. The predicted octanol–water partition coefficient (Wildman–Crippen LogP) is 4.54. The van der Waals surface area contributed by atoms with E-state index >= 15 is 0 Å². The molecule has 0 unspecified atom stereocenters. The third-order valence-corrected chi connectivity index (χ3v) is 5.68. The van der Waals surface area contributed by atoms with Gasteiger partial charge in [-0.25, -0.2) is 9.07 Å². The molecule has 0 N–H and O–H groups in total. The van der Waals surface area contributed by atoms with E-state index in [4.69, 9.17) is 4.42 Å². The number of hydrogen-bond donors (Lipinski definition) is 0. The van der Waals surface area contributed by atoms with Crippen molar-refractivity contribution in [1.29, 1.82) is 0 Å². The Labute approximate surface area is 185 Å². The number of amides is 1. The van der Waals surface area contributed by atoms with Gasteiger partial charge in [-0.1, -0.05) is 30.3 Å². The van der Waals surface area contributed by atoms with Crippen LogP contribution in [0.4, 0.5) is 10.1 Å². The molecule has 6 nitrogen and oxygen atoms in total. The van der Waals surface area contributed by atoms with Gasteiger partial charge in [0.2, 0.25) is 0 Å². The number of para-hydroxylation sites is 2. The van der Waals surface area contributed by atoms with Crippen LogP contribution in [0.25, 0.3) is 17.1 Å². The summed E-state index contributed by atoms with van der Waals surface area (Å²) in [6, 6.07) is 21.8. The SMILES string of the molecule is Cc1ccc(-c2cc(C(=O)N3CCN(c4ccccc4F)CC3)n(-c3ccccc3)n2)o1. The Bertz CT molecular complexity index is 1240. The number of rotatable bonds is 4. The molecule has 0 spiro atoms. The van der Waals surface area contributed by atoms with Crippen LogP contribution in [0, 0.1) is 12.7 Å². The molecule has 4 aromatic rings. The summed E-state index contributed by atoms with van der Waals surface area (Å²) in [6.45, 7) is 4.01. The first kappa shape index (κ1) is 20.1. The Morgan fingerprint density at radius 3 is 2.34 bits per heavy atom. The Morgan fingerprint density at radius 2 is 1.66 bits per heavy atom. The molecule has 32 heavy (non-hydrogen) atoms. The van der Waals surface area contributed by atoms with Crippen molar-refractivity contribution in [3.8, 4) is 17.1 Å². The van der Waals surface area contributed by atoms with Crippen molar-refractivity contribution >= 4 is 11.6 Å². The number of carbonyl (C=O) groups is 1. The molecule has 0 bridgehead atoms. The number of halogens is 1. The normalized spacial score (nSPS) is 14.1. The average molecular weight is 430 g/mol. The van der Waals surface area contributed by atoms with E-state index < -0.39 is 0 Å². The van der Waals surface area contributed by atoms with Gasteiger partial charge in [0.05, 0.1) is 11.4 Å². The molecule has 1 amide bonds. The molecule has 162 valence electrons. The third-order valence-electron chi connectivity index (χ3n) is 5.68. The number of hydrogen-bond acceptors (Lipinski definition) is 4. The zero-order valence-corrected chi connectivity index (χ0v) is 17.7. The van der Waals surface area contributed by atoms with Gasteiger partial charge in [-0.3, -0.25) is 4.79 Å². The maximum Gasteiger partial charge on any atom is 0.272 e. The third kappa shape index (κ3) is 3.77. The van der Waals surface area contributed by atoms with Crippen molar-refractivity contribution in [2.24, 2.45) is 0 Å². The number of anilines is 1. The van der Waals surface area contributed by atoms with E-state index in [0.29, 0.717) is 49.0 Å². The average Bonchev–Trinajstić information content (AvgIpc) is 3.46. The van der Waals surface area contributed by atoms with Crippen LogP contribution in [0.1, 0.15) is 16.2 Å². The minimum absolute atomic E-state index is 0.107. The molecule has 1 saturated heterocycles. The largest absolute Gasteiger partial charge is 0.460 e. The minimum atomic E-state index is -0.243. The number of piperazine rings is 1. The number of nitrogens with zero attached hydrogens (tertiary/aromatic N) is 4. The van der Waals surface area contributed by atoms with Crippen LogP contribution >= 0.6 is 0 Å². The second kappa shape index (κ2) is 8.34. The van der Waals surface area contributed by atoms with E-state index in [-0.39, 0.29) is 11.7 Å². The summed E-state index contributed by atoms with van der Waals surface area (Å²) in [7, 11) is 0. The minimum Gasteiger partial charge on any atom is -0.460 e. The van der Waals surface area contributed by atoms with Crippen molar-refractivity contribution in [1.82, 2.24) is 14.7 Å². The van der Waals surface area contributed by atoms with Gasteiger partial charge in [-0.2, -0.15) is 5.10 Å². The fourth-order valence-electron chi connectivity index (χ4n) is 4.01. The number of furan rings is 1. The fraction of sp³-hybridized carbons (Fsp3) is 0.200. The lowest BCUT2D eigenvalue weighted by atomic mass is 10.2. The lowest BCUT2D eigenvalue weighted by molar-refractivity contribution is 0.0737. The second-order valence-corrected chi connectivity index (χ2v) is 7.80. The quantitative estimate of drug-likeness (QED) is 0.477. The smallest absolute Gasteiger partial charge is 0.272 e. The highest BCUT2D eigenvalue weighted by Gasteiger charge is 2.27. The van der Waals surface area contributed by atoms with Gasteiger partial charge in [0.25, 0.3) is 5.91 Å². The van der Waals surface area contributed by atoms with Crippen molar-refractivity contribution in [2.75, 3.05) is 31.1 Å². The van der Waals surface area contributed by atoms with Crippen molar-refractivity contribution < 1.29 is 13.6 Å². The molecular formula is C25H23FN4O2. The second-order valence-electron chi connectivity index (χ2n) is 7.80. The summed E-state index contributed by atoms with van der Waals surface area (Å²) in [5.74, 6) is 1.05. The lowest BCUT2D eigenvalue weighted by Gasteiger charge is -2.36. The molecule has 1 aliphatic heterocycles. The highest BCUT2D eigenvalue weighted by molar-refractivity contribution is 5.94. The number of carbonyl (C=O) groups excluding carboxylic acids is 1. The summed E-state index contributed by atoms with van der Waals surface area (Å²) in [6.07, 6.45) is 0. The maximum absolute atomic E-state index is 14.2. The number of aromatic nitrogens is 2. The maximum atomic E-state index is 14.2. The zero-order chi connectivity index (χ0) is 22.1. The van der Waals surface area contributed by atoms with Gasteiger partial charge in [0.15, 0.2) is 5.76 Å². The first-order chi connectivity index (χ1) is 15.6. The molecule has 0 atom stereocenters. The Kier molecular flexibility index (Phi) is 5.23. The zero-order valence-electron chi connectivity index (χ0n) is 17.7. The van der Waals surface area contributed by atoms with Crippen LogP contribution in [0.3, 0.4) is 0 Å². The molecule has 0 aliphatic carbocycles. The van der Waals surface area contributed by atoms with E-state index in [9.17, 15) is 9.18 Å². The summed E-state index contributed by atoms with van der Waals surface area (Å²) < 4.78 is 21.6. The predicted molar refractivity (Wildman–Crippen MR) is 121 cm³/mol. The molecule has 0 radical (unpaired) electrons. The first-order valence-corrected chi connectivity index (χ1v) is 10.6. The molecule has 7 heteroatoms. The molecule has 1 aliphatic rings. The topological polar surface area (TPSA) is 54.5 Å². The van der Waals surface area contributed by atoms with Crippen molar-refractivity contribution in [3.05, 3.63) is 90.1 Å². The standard InChI is InChI=1S/C25H23FN4O2/c1-18-11-12-24(32-18)21-17-23(30(27-21)19-7-3-2-4-8-19)25(31)29-15-13-28(14-16-29)22-10-6-5-9-20(22)26/h2-12,17H,13-16H2,1H3. The van der Waals surface area contributed by atoms with E-state index in [1.165, 1.54) is 6.07 Å². The number of aryl methyl sites for hydroxylation is 1. The van der Waals surface area contributed by atoms with Crippen molar-refractivity contribution in [2.45, 2.75) is 6.92 Å². The summed E-state index contributed by atoms with van der Waals surface area (Å²) in [4.78, 5) is 17.3. The molecule has 0 saturated carbocycles. The van der Waals surface area contributed by atoms with Crippen LogP contribution < -0.4 is 4.90 Å². The molecular weight excluding hydrogens is 407 g/mol. The highest BCUT2D eigenvalue weighted by Crippen LogP contribution is 2.26. The summed E-state index contributed by atoms with van der Waals surface area (Å²) in [5, 5.41) is 4.67. The number of benzene rings is 2. The molecule has 5 rings (SSSR count). The van der Waals surface area contributed by atoms with Crippen LogP contribution in [0.15, 0.2) is 77.2 Å².